The average Bonchev–Trinajstić information content (AvgIpc) is 2.74. The Bertz CT molecular complexity index is 616. The molecule has 2 aliphatic carbocycles. The van der Waals surface area contributed by atoms with Crippen molar-refractivity contribution in [3.05, 3.63) is 11.6 Å². The summed E-state index contributed by atoms with van der Waals surface area (Å²) in [4.78, 5) is 29.8. The predicted octanol–water partition coefficient (Wildman–Crippen LogP) is 3.70. The van der Waals surface area contributed by atoms with Crippen LogP contribution in [0.2, 0.25) is 0 Å². The van der Waals surface area contributed by atoms with Crippen LogP contribution >= 0.6 is 0 Å². The van der Waals surface area contributed by atoms with Crippen LogP contribution in [0.5, 0.6) is 0 Å². The van der Waals surface area contributed by atoms with E-state index in [0.29, 0.717) is 36.0 Å². The summed E-state index contributed by atoms with van der Waals surface area (Å²) in [5, 5.41) is 3.28. The number of carbonyl (C=O) groups excluding carboxylic acids is 2. The number of nitrogens with zero attached hydrogens (tertiary/aromatic N) is 2. The van der Waals surface area contributed by atoms with E-state index >= 15 is 0 Å². The van der Waals surface area contributed by atoms with Gasteiger partial charge in [0.05, 0.1) is 0 Å². The van der Waals surface area contributed by atoms with Gasteiger partial charge < -0.3 is 15.1 Å². The molecule has 0 spiro atoms. The fourth-order valence-corrected chi connectivity index (χ4v) is 5.63. The smallest absolute Gasteiger partial charge is 0.223 e. The molecular weight excluding hydrogens is 374 g/mol. The second kappa shape index (κ2) is 10.8. The van der Waals surface area contributed by atoms with E-state index < -0.39 is 0 Å². The monoisotopic (exact) mass is 417 g/mol. The fraction of sp³-hybridized carbons (Fsp3) is 0.840. The number of rotatable bonds is 6. The Kier molecular flexibility index (Phi) is 8.38. The van der Waals surface area contributed by atoms with E-state index in [9.17, 15) is 9.59 Å². The van der Waals surface area contributed by atoms with Crippen molar-refractivity contribution in [2.24, 2.45) is 29.6 Å². The summed E-state index contributed by atoms with van der Waals surface area (Å²) in [6.45, 7) is 11.2. The normalized spacial score (nSPS) is 29.0. The predicted molar refractivity (Wildman–Crippen MR) is 122 cm³/mol. The number of carbonyl (C=O) groups is 2. The van der Waals surface area contributed by atoms with Crippen molar-refractivity contribution in [2.75, 3.05) is 39.8 Å². The van der Waals surface area contributed by atoms with E-state index in [0.717, 1.165) is 52.0 Å². The molecule has 1 aliphatic heterocycles. The fourth-order valence-electron chi connectivity index (χ4n) is 5.63. The molecule has 0 bridgehead atoms. The Morgan fingerprint density at radius 3 is 2.40 bits per heavy atom. The molecule has 170 valence electrons. The van der Waals surface area contributed by atoms with Gasteiger partial charge in [0.1, 0.15) is 0 Å². The Balaban J connectivity index is 1.57. The topological polar surface area (TPSA) is 52.7 Å². The van der Waals surface area contributed by atoms with E-state index in [1.807, 2.05) is 4.90 Å². The summed E-state index contributed by atoms with van der Waals surface area (Å²) in [7, 11) is 2.12. The lowest BCUT2D eigenvalue weighted by atomic mass is 9.69. The minimum Gasteiger partial charge on any atom is -0.355 e. The summed E-state index contributed by atoms with van der Waals surface area (Å²) < 4.78 is 0. The first-order valence-corrected chi connectivity index (χ1v) is 12.3. The van der Waals surface area contributed by atoms with Crippen molar-refractivity contribution in [2.45, 2.75) is 65.7 Å². The van der Waals surface area contributed by atoms with Crippen LogP contribution in [0.4, 0.5) is 0 Å². The first kappa shape index (κ1) is 23.3. The van der Waals surface area contributed by atoms with Crippen LogP contribution < -0.4 is 5.32 Å². The van der Waals surface area contributed by atoms with Crippen LogP contribution in [-0.4, -0.2) is 61.4 Å². The maximum Gasteiger partial charge on any atom is 0.223 e. The molecule has 0 aromatic carbocycles. The quantitative estimate of drug-likeness (QED) is 0.671. The Hall–Kier alpha value is -1.36. The standard InChI is InChI=1S/C25H43N3O2/c1-18(2)23-15-21(16-24(29)28-12-10-27(4)11-13-28)19(3)14-22(23)17-26-25(30)20-8-6-5-7-9-20/h14,18,20-23H,5-13,15-17H2,1-4H3,(H,26,30)/t21-,22-,23-/m0/s1. The number of hydrogen-bond donors (Lipinski definition) is 1. The first-order chi connectivity index (χ1) is 14.3. The molecule has 1 saturated carbocycles. The molecule has 0 aromatic heterocycles. The lowest BCUT2D eigenvalue weighted by molar-refractivity contribution is -0.133. The number of nitrogens with one attached hydrogen (secondary N) is 1. The van der Waals surface area contributed by atoms with E-state index in [1.165, 1.54) is 24.8 Å². The molecule has 5 nitrogen and oxygen atoms in total. The highest BCUT2D eigenvalue weighted by molar-refractivity contribution is 5.78. The van der Waals surface area contributed by atoms with Gasteiger partial charge in [-0.05, 0) is 56.9 Å². The van der Waals surface area contributed by atoms with Crippen molar-refractivity contribution in [3.63, 3.8) is 0 Å². The van der Waals surface area contributed by atoms with E-state index in [1.54, 1.807) is 0 Å². The Morgan fingerprint density at radius 2 is 1.77 bits per heavy atom. The third-order valence-corrected chi connectivity index (χ3v) is 7.85. The molecule has 0 radical (unpaired) electrons. The third-order valence-electron chi connectivity index (χ3n) is 7.85. The first-order valence-electron chi connectivity index (χ1n) is 12.3. The molecule has 5 heteroatoms. The van der Waals surface area contributed by atoms with E-state index in [-0.39, 0.29) is 11.8 Å². The van der Waals surface area contributed by atoms with Crippen molar-refractivity contribution in [1.82, 2.24) is 15.1 Å². The zero-order valence-electron chi connectivity index (χ0n) is 19.7. The van der Waals surface area contributed by atoms with Crippen LogP contribution in [0.1, 0.15) is 65.7 Å². The minimum atomic E-state index is 0.221. The van der Waals surface area contributed by atoms with E-state index in [2.05, 4.69) is 44.1 Å². The average molecular weight is 418 g/mol. The zero-order chi connectivity index (χ0) is 21.7. The molecule has 1 heterocycles. The largest absolute Gasteiger partial charge is 0.355 e. The van der Waals surface area contributed by atoms with Gasteiger partial charge >= 0.3 is 0 Å². The summed E-state index contributed by atoms with van der Waals surface area (Å²) in [6.07, 6.45) is 9.83. The van der Waals surface area contributed by atoms with Gasteiger partial charge in [0.25, 0.3) is 0 Å². The van der Waals surface area contributed by atoms with Gasteiger partial charge in [-0.3, -0.25) is 9.59 Å². The molecule has 30 heavy (non-hydrogen) atoms. The lowest BCUT2D eigenvalue weighted by Gasteiger charge is -2.39. The summed E-state index contributed by atoms with van der Waals surface area (Å²) >= 11 is 0. The van der Waals surface area contributed by atoms with Gasteiger partial charge in [-0.2, -0.15) is 0 Å². The molecular formula is C25H43N3O2. The number of allylic oxidation sites excluding steroid dienone is 1. The Labute approximate surface area is 183 Å². The molecule has 1 saturated heterocycles. The van der Waals surface area contributed by atoms with Gasteiger partial charge in [-0.25, -0.2) is 0 Å². The Morgan fingerprint density at radius 1 is 1.10 bits per heavy atom. The number of hydrogen-bond acceptors (Lipinski definition) is 3. The highest BCUT2D eigenvalue weighted by Gasteiger charge is 2.34. The molecule has 3 rings (SSSR count). The van der Waals surface area contributed by atoms with Crippen molar-refractivity contribution in [1.29, 1.82) is 0 Å². The molecule has 0 aromatic rings. The van der Waals surface area contributed by atoms with Crippen LogP contribution in [-0.2, 0) is 9.59 Å². The highest BCUT2D eigenvalue weighted by atomic mass is 16.2. The number of piperazine rings is 1. The molecule has 2 fully saturated rings. The maximum atomic E-state index is 12.9. The molecule has 3 atom stereocenters. The van der Waals surface area contributed by atoms with E-state index in [4.69, 9.17) is 0 Å². The van der Waals surface area contributed by atoms with Crippen LogP contribution in [0.15, 0.2) is 11.6 Å². The van der Waals surface area contributed by atoms with Crippen molar-refractivity contribution >= 4 is 11.8 Å². The molecule has 3 aliphatic rings. The molecule has 1 N–H and O–H groups in total. The number of amides is 2. The summed E-state index contributed by atoms with van der Waals surface area (Å²) in [5.74, 6) is 2.59. The second-order valence-electron chi connectivity index (χ2n) is 10.4. The van der Waals surface area contributed by atoms with Gasteiger partial charge in [-0.1, -0.05) is 44.8 Å². The van der Waals surface area contributed by atoms with Crippen LogP contribution in [0.3, 0.4) is 0 Å². The van der Waals surface area contributed by atoms with Gasteiger partial charge in [-0.15, -0.1) is 0 Å². The highest BCUT2D eigenvalue weighted by Crippen LogP contribution is 2.39. The van der Waals surface area contributed by atoms with Crippen molar-refractivity contribution in [3.8, 4) is 0 Å². The maximum absolute atomic E-state index is 12.9. The molecule has 2 amide bonds. The SMILES string of the molecule is CC1=C[C@@H](CNC(=O)C2CCCCC2)[C@H](C(C)C)C[C@H]1CC(=O)N1CCN(C)CC1. The van der Waals surface area contributed by atoms with Gasteiger partial charge in [0.2, 0.25) is 11.8 Å². The van der Waals surface area contributed by atoms with Crippen LogP contribution in [0, 0.1) is 29.6 Å². The summed E-state index contributed by atoms with van der Waals surface area (Å²) in [5.41, 5.74) is 1.34. The number of likely N-dealkylation sites (N-methyl/N-ethyl adjacent to an activating group) is 1. The summed E-state index contributed by atoms with van der Waals surface area (Å²) in [6, 6.07) is 0. The van der Waals surface area contributed by atoms with Crippen LogP contribution in [0.25, 0.3) is 0 Å². The lowest BCUT2D eigenvalue weighted by Crippen LogP contribution is -2.47. The zero-order valence-corrected chi connectivity index (χ0v) is 19.7. The van der Waals surface area contributed by atoms with Gasteiger partial charge in [0, 0.05) is 45.1 Å². The van der Waals surface area contributed by atoms with Gasteiger partial charge in [0.15, 0.2) is 0 Å². The molecule has 0 unspecified atom stereocenters. The minimum absolute atomic E-state index is 0.221. The third kappa shape index (κ3) is 6.09. The second-order valence-corrected chi connectivity index (χ2v) is 10.4. The van der Waals surface area contributed by atoms with Crippen molar-refractivity contribution < 1.29 is 9.59 Å².